The summed E-state index contributed by atoms with van der Waals surface area (Å²) < 4.78 is 37.6. The van der Waals surface area contributed by atoms with Crippen molar-refractivity contribution in [2.24, 2.45) is 0 Å². The smallest absolute Gasteiger partial charge is 0.311 e. The van der Waals surface area contributed by atoms with Gasteiger partial charge in [-0.25, -0.2) is 0 Å². The summed E-state index contributed by atoms with van der Waals surface area (Å²) in [4.78, 5) is 14.2. The van der Waals surface area contributed by atoms with Gasteiger partial charge in [0.05, 0.1) is 6.42 Å². The summed E-state index contributed by atoms with van der Waals surface area (Å²) in [7, 11) is 0. The van der Waals surface area contributed by atoms with E-state index in [9.17, 15) is 18.0 Å². The number of carbonyl (C=O) groups is 1. The first-order valence-electron chi connectivity index (χ1n) is 7.25. The molecule has 0 spiro atoms. The Balaban J connectivity index is 1.78. The monoisotopic (exact) mass is 371 g/mol. The zero-order chi connectivity index (χ0) is 17.3. The highest BCUT2D eigenvalue weighted by Gasteiger charge is 2.31. The fraction of sp³-hybridized carbons (Fsp3) is 0.235. The van der Waals surface area contributed by atoms with E-state index in [-0.39, 0.29) is 29.0 Å². The van der Waals surface area contributed by atoms with Crippen LogP contribution in [0.4, 0.5) is 18.9 Å². The lowest BCUT2D eigenvalue weighted by Crippen LogP contribution is -2.30. The molecule has 3 rings (SSSR count). The molecule has 0 saturated heterocycles. The van der Waals surface area contributed by atoms with Gasteiger partial charge in [-0.3, -0.25) is 4.79 Å². The van der Waals surface area contributed by atoms with Crippen molar-refractivity contribution in [3.63, 3.8) is 0 Å². The van der Waals surface area contributed by atoms with Crippen molar-refractivity contribution in [3.8, 4) is 0 Å². The van der Waals surface area contributed by atoms with Crippen molar-refractivity contribution < 1.29 is 18.0 Å². The molecule has 0 radical (unpaired) electrons. The fourth-order valence-electron chi connectivity index (χ4n) is 2.69. The molecular formula is C17H13ClF3NOS. The number of hydrogen-bond acceptors (Lipinski definition) is 2. The van der Waals surface area contributed by atoms with E-state index in [4.69, 9.17) is 11.6 Å². The first kappa shape index (κ1) is 17.2. The van der Waals surface area contributed by atoms with Crippen LogP contribution in [0.1, 0.15) is 11.1 Å². The minimum Gasteiger partial charge on any atom is -0.311 e. The second-order valence-corrected chi connectivity index (χ2v) is 7.01. The number of halogens is 4. The maximum atomic E-state index is 12.5. The molecule has 2 aromatic carbocycles. The maximum absolute atomic E-state index is 12.5. The van der Waals surface area contributed by atoms with Crippen molar-refractivity contribution in [2.45, 2.75) is 23.2 Å². The van der Waals surface area contributed by atoms with E-state index in [1.165, 1.54) is 12.1 Å². The van der Waals surface area contributed by atoms with Crippen LogP contribution in [0, 0.1) is 0 Å². The number of carbonyl (C=O) groups excluding carboxylic acids is 1. The van der Waals surface area contributed by atoms with Crippen LogP contribution >= 0.6 is 23.4 Å². The lowest BCUT2D eigenvalue weighted by Gasteiger charge is -2.18. The molecule has 126 valence electrons. The number of alkyl halides is 3. The van der Waals surface area contributed by atoms with Gasteiger partial charge in [0, 0.05) is 22.2 Å². The van der Waals surface area contributed by atoms with Crippen LogP contribution in [-0.2, 0) is 17.6 Å². The summed E-state index contributed by atoms with van der Waals surface area (Å²) in [5.74, 6) is -0.134. The van der Waals surface area contributed by atoms with E-state index in [0.717, 1.165) is 11.1 Å². The van der Waals surface area contributed by atoms with Gasteiger partial charge in [0.25, 0.3) is 0 Å². The van der Waals surface area contributed by atoms with Crippen LogP contribution in [0.5, 0.6) is 0 Å². The fourth-order valence-corrected chi connectivity index (χ4v) is 3.39. The van der Waals surface area contributed by atoms with Gasteiger partial charge >= 0.3 is 5.51 Å². The maximum Gasteiger partial charge on any atom is 0.446 e. The Morgan fingerprint density at radius 2 is 1.88 bits per heavy atom. The van der Waals surface area contributed by atoms with Crippen LogP contribution < -0.4 is 4.90 Å². The molecule has 0 bridgehead atoms. The number of rotatable bonds is 3. The number of nitrogens with zero attached hydrogens (tertiary/aromatic N) is 1. The normalized spacial score (nSPS) is 13.9. The Bertz CT molecular complexity index is 761. The van der Waals surface area contributed by atoms with E-state index in [1.54, 1.807) is 35.2 Å². The number of amides is 1. The molecule has 0 N–H and O–H groups in total. The second kappa shape index (κ2) is 6.69. The van der Waals surface area contributed by atoms with Gasteiger partial charge in [-0.15, -0.1) is 0 Å². The van der Waals surface area contributed by atoms with Gasteiger partial charge in [-0.2, -0.15) is 13.2 Å². The van der Waals surface area contributed by atoms with Crippen LogP contribution in [0.25, 0.3) is 0 Å². The third-order valence-electron chi connectivity index (χ3n) is 3.76. The molecule has 2 nitrogen and oxygen atoms in total. The Hall–Kier alpha value is -1.66. The predicted octanol–water partition coefficient (Wildman–Crippen LogP) is 5.08. The van der Waals surface area contributed by atoms with Crippen LogP contribution in [0.2, 0.25) is 5.02 Å². The molecule has 7 heteroatoms. The van der Waals surface area contributed by atoms with Crippen molar-refractivity contribution >= 4 is 35.0 Å². The van der Waals surface area contributed by atoms with E-state index >= 15 is 0 Å². The summed E-state index contributed by atoms with van der Waals surface area (Å²) in [6.45, 7) is 0.488. The quantitative estimate of drug-likeness (QED) is 0.701. The highest BCUT2D eigenvalue weighted by Crippen LogP contribution is 2.40. The third kappa shape index (κ3) is 4.05. The molecule has 0 aliphatic carbocycles. The molecule has 0 fully saturated rings. The summed E-state index contributed by atoms with van der Waals surface area (Å²) in [6, 6.07) is 11.5. The molecule has 24 heavy (non-hydrogen) atoms. The molecular weight excluding hydrogens is 359 g/mol. The molecule has 1 amide bonds. The number of thioether (sulfide) groups is 1. The molecule has 1 aliphatic rings. The van der Waals surface area contributed by atoms with Gasteiger partial charge in [-0.05, 0) is 53.6 Å². The number of hydrogen-bond donors (Lipinski definition) is 0. The van der Waals surface area contributed by atoms with Gasteiger partial charge in [0.2, 0.25) is 5.91 Å². The molecule has 0 saturated carbocycles. The van der Waals surface area contributed by atoms with Crippen LogP contribution in [-0.4, -0.2) is 18.0 Å². The SMILES string of the molecule is O=C(Cc1ccc(Cl)cc1)N1CCc2ccc(SC(F)(F)F)cc21. The number of fused-ring (bicyclic) bond motifs is 1. The summed E-state index contributed by atoms with van der Waals surface area (Å²) >= 11 is 5.66. The predicted molar refractivity (Wildman–Crippen MR) is 89.6 cm³/mol. The van der Waals surface area contributed by atoms with Crippen molar-refractivity contribution in [3.05, 3.63) is 58.6 Å². The molecule has 1 heterocycles. The third-order valence-corrected chi connectivity index (χ3v) is 4.73. The number of anilines is 1. The zero-order valence-electron chi connectivity index (χ0n) is 12.4. The molecule has 2 aromatic rings. The summed E-state index contributed by atoms with van der Waals surface area (Å²) in [5, 5.41) is 0.589. The lowest BCUT2D eigenvalue weighted by atomic mass is 10.1. The van der Waals surface area contributed by atoms with Gasteiger partial charge in [0.15, 0.2) is 0 Å². The Morgan fingerprint density at radius 3 is 2.54 bits per heavy atom. The van der Waals surface area contributed by atoms with E-state index in [1.807, 2.05) is 0 Å². The highest BCUT2D eigenvalue weighted by atomic mass is 35.5. The Kier molecular flexibility index (Phi) is 4.78. The highest BCUT2D eigenvalue weighted by molar-refractivity contribution is 8.00. The van der Waals surface area contributed by atoms with Crippen molar-refractivity contribution in [2.75, 3.05) is 11.4 Å². The van der Waals surface area contributed by atoms with Gasteiger partial charge in [0.1, 0.15) is 0 Å². The molecule has 0 unspecified atom stereocenters. The second-order valence-electron chi connectivity index (χ2n) is 5.44. The van der Waals surface area contributed by atoms with E-state index in [0.29, 0.717) is 23.7 Å². The van der Waals surface area contributed by atoms with Gasteiger partial charge < -0.3 is 4.90 Å². The zero-order valence-corrected chi connectivity index (χ0v) is 14.0. The Labute approximate surface area is 146 Å². The minimum absolute atomic E-state index is 0.0902. The average molecular weight is 372 g/mol. The summed E-state index contributed by atoms with van der Waals surface area (Å²) in [5.41, 5.74) is -2.06. The lowest BCUT2D eigenvalue weighted by molar-refractivity contribution is -0.117. The topological polar surface area (TPSA) is 20.3 Å². The van der Waals surface area contributed by atoms with Crippen LogP contribution in [0.15, 0.2) is 47.4 Å². The van der Waals surface area contributed by atoms with Gasteiger partial charge in [-0.1, -0.05) is 29.8 Å². The Morgan fingerprint density at radius 1 is 1.17 bits per heavy atom. The molecule has 0 atom stereocenters. The van der Waals surface area contributed by atoms with Crippen molar-refractivity contribution in [1.82, 2.24) is 0 Å². The number of benzene rings is 2. The van der Waals surface area contributed by atoms with E-state index < -0.39 is 5.51 Å². The molecule has 1 aliphatic heterocycles. The van der Waals surface area contributed by atoms with Crippen LogP contribution in [0.3, 0.4) is 0 Å². The average Bonchev–Trinajstić information content (AvgIpc) is 2.91. The first-order valence-corrected chi connectivity index (χ1v) is 8.45. The van der Waals surface area contributed by atoms with Crippen molar-refractivity contribution in [1.29, 1.82) is 0 Å². The van der Waals surface area contributed by atoms with E-state index in [2.05, 4.69) is 0 Å². The minimum atomic E-state index is -4.34. The largest absolute Gasteiger partial charge is 0.446 e. The first-order chi connectivity index (χ1) is 11.3. The summed E-state index contributed by atoms with van der Waals surface area (Å²) in [6.07, 6.45) is 0.839. The standard InChI is InChI=1S/C17H13ClF3NOS/c18-13-4-1-11(2-5-13)9-16(23)22-8-7-12-3-6-14(10-15(12)22)24-17(19,20)21/h1-6,10H,7-9H2. The molecule has 0 aromatic heterocycles.